The van der Waals surface area contributed by atoms with Crippen molar-refractivity contribution in [3.8, 4) is 0 Å². The third kappa shape index (κ3) is 3.71. The molecule has 1 aromatic heterocycles. The van der Waals surface area contributed by atoms with E-state index < -0.39 is 10.2 Å². The maximum absolute atomic E-state index is 13.1. The largest absolute Gasteiger partial charge is 0.373 e. The molecule has 4 rings (SSSR count). The van der Waals surface area contributed by atoms with Crippen LogP contribution in [-0.2, 0) is 14.9 Å². The number of ether oxygens (including phenoxy) is 1. The van der Waals surface area contributed by atoms with Crippen LogP contribution >= 0.6 is 0 Å². The zero-order valence-corrected chi connectivity index (χ0v) is 17.4. The van der Waals surface area contributed by atoms with E-state index >= 15 is 0 Å². The van der Waals surface area contributed by atoms with Gasteiger partial charge in [0.25, 0.3) is 10.2 Å². The van der Waals surface area contributed by atoms with Crippen LogP contribution in [0.15, 0.2) is 24.3 Å². The van der Waals surface area contributed by atoms with E-state index in [0.29, 0.717) is 39.3 Å². The second kappa shape index (κ2) is 7.55. The molecule has 8 nitrogen and oxygen atoms in total. The summed E-state index contributed by atoms with van der Waals surface area (Å²) >= 11 is 0. The summed E-state index contributed by atoms with van der Waals surface area (Å²) in [5.41, 5.74) is 2.60. The van der Waals surface area contributed by atoms with Gasteiger partial charge in [-0.2, -0.15) is 17.0 Å². The highest BCUT2D eigenvalue weighted by Crippen LogP contribution is 2.23. The molecule has 1 aromatic carbocycles. The van der Waals surface area contributed by atoms with Crippen molar-refractivity contribution in [3.05, 3.63) is 30.0 Å². The first-order valence-electron chi connectivity index (χ1n) is 9.73. The molecule has 2 aliphatic rings. The predicted molar refractivity (Wildman–Crippen MR) is 109 cm³/mol. The predicted octanol–water partition coefficient (Wildman–Crippen LogP) is 1.41. The molecule has 0 spiro atoms. The van der Waals surface area contributed by atoms with Crippen molar-refractivity contribution >= 4 is 27.1 Å². The van der Waals surface area contributed by atoms with Crippen molar-refractivity contribution in [2.75, 3.05) is 44.2 Å². The summed E-state index contributed by atoms with van der Waals surface area (Å²) < 4.78 is 34.9. The molecule has 2 aliphatic heterocycles. The zero-order valence-electron chi connectivity index (χ0n) is 16.6. The summed E-state index contributed by atoms with van der Waals surface area (Å²) in [6.45, 7) is 8.67. The van der Waals surface area contributed by atoms with Gasteiger partial charge in [0.05, 0.1) is 28.9 Å². The lowest BCUT2D eigenvalue weighted by Crippen LogP contribution is -2.57. The van der Waals surface area contributed by atoms with Crippen LogP contribution < -0.4 is 4.90 Å². The monoisotopic (exact) mass is 405 g/mol. The molecule has 0 bridgehead atoms. The van der Waals surface area contributed by atoms with Crippen LogP contribution in [0.3, 0.4) is 0 Å². The highest BCUT2D eigenvalue weighted by molar-refractivity contribution is 7.86. The molecule has 2 atom stereocenters. The Labute approximate surface area is 166 Å². The number of piperazine rings is 1. The molecule has 28 heavy (non-hydrogen) atoms. The highest BCUT2D eigenvalue weighted by Gasteiger charge is 2.37. The molecule has 2 saturated heterocycles. The number of hydrogen-bond donors (Lipinski definition) is 0. The Morgan fingerprint density at radius 2 is 1.50 bits per heavy atom. The number of aromatic nitrogens is 2. The zero-order chi connectivity index (χ0) is 19.9. The van der Waals surface area contributed by atoms with Gasteiger partial charge in [0, 0.05) is 39.3 Å². The van der Waals surface area contributed by atoms with Crippen LogP contribution in [0.5, 0.6) is 0 Å². The van der Waals surface area contributed by atoms with Gasteiger partial charge in [-0.15, -0.1) is 0 Å². The van der Waals surface area contributed by atoms with Gasteiger partial charge in [-0.1, -0.05) is 12.1 Å². The molecule has 152 valence electrons. The molecular weight excluding hydrogens is 378 g/mol. The van der Waals surface area contributed by atoms with Crippen LogP contribution in [0.4, 0.5) is 5.82 Å². The number of para-hydroxylation sites is 2. The smallest absolute Gasteiger partial charge is 0.282 e. The molecule has 3 heterocycles. The molecule has 0 aliphatic carbocycles. The number of benzene rings is 1. The Morgan fingerprint density at radius 3 is 2.11 bits per heavy atom. The maximum Gasteiger partial charge on any atom is 0.282 e. The van der Waals surface area contributed by atoms with Crippen LogP contribution in [0.1, 0.15) is 19.5 Å². The topological polar surface area (TPSA) is 78.9 Å². The van der Waals surface area contributed by atoms with Gasteiger partial charge in [-0.25, -0.2) is 9.97 Å². The third-order valence-corrected chi connectivity index (χ3v) is 7.27. The van der Waals surface area contributed by atoms with E-state index in [1.54, 1.807) is 8.61 Å². The van der Waals surface area contributed by atoms with E-state index in [4.69, 9.17) is 9.72 Å². The molecule has 2 fully saturated rings. The van der Waals surface area contributed by atoms with E-state index in [2.05, 4.69) is 9.88 Å². The SMILES string of the molecule is Cc1nc2ccccc2nc1N1CCN(S(=O)(=O)N2C[C@@H](C)O[C@@H](C)C2)CC1. The fourth-order valence-electron chi connectivity index (χ4n) is 3.99. The number of morpholine rings is 1. The minimum absolute atomic E-state index is 0.0877. The summed E-state index contributed by atoms with van der Waals surface area (Å²) in [5, 5.41) is 0. The van der Waals surface area contributed by atoms with Crippen molar-refractivity contribution in [2.45, 2.75) is 33.0 Å². The lowest BCUT2D eigenvalue weighted by Gasteiger charge is -2.40. The van der Waals surface area contributed by atoms with Crippen molar-refractivity contribution in [3.63, 3.8) is 0 Å². The number of hydrogen-bond acceptors (Lipinski definition) is 6. The summed E-state index contributed by atoms with van der Waals surface area (Å²) in [4.78, 5) is 11.5. The summed E-state index contributed by atoms with van der Waals surface area (Å²) in [7, 11) is -3.48. The quantitative estimate of drug-likeness (QED) is 0.768. The van der Waals surface area contributed by atoms with E-state index in [0.717, 1.165) is 22.5 Å². The lowest BCUT2D eigenvalue weighted by molar-refractivity contribution is -0.0455. The van der Waals surface area contributed by atoms with Crippen LogP contribution in [0.2, 0.25) is 0 Å². The van der Waals surface area contributed by atoms with Crippen molar-refractivity contribution in [2.24, 2.45) is 0 Å². The average Bonchev–Trinajstić information content (AvgIpc) is 2.67. The Bertz CT molecular complexity index is 949. The Balaban J connectivity index is 1.48. The molecule has 9 heteroatoms. The lowest BCUT2D eigenvalue weighted by atomic mass is 10.2. The fraction of sp³-hybridized carbons (Fsp3) is 0.579. The number of anilines is 1. The molecule has 0 amide bonds. The summed E-state index contributed by atoms with van der Waals surface area (Å²) in [6.07, 6.45) is -0.175. The van der Waals surface area contributed by atoms with E-state index in [9.17, 15) is 8.42 Å². The molecular formula is C19H27N5O3S. The minimum atomic E-state index is -3.48. The first kappa shape index (κ1) is 19.5. The second-order valence-electron chi connectivity index (χ2n) is 7.59. The molecule has 0 radical (unpaired) electrons. The first-order valence-corrected chi connectivity index (χ1v) is 11.1. The normalized spacial score (nSPS) is 25.3. The number of rotatable bonds is 3. The standard InChI is InChI=1S/C19H27N5O3S/c1-14-12-24(13-15(2)27-14)28(25,26)23-10-8-22(9-11-23)19-16(3)20-17-6-4-5-7-18(17)21-19/h4-7,14-15H,8-13H2,1-3H3/t14-,15+. The molecule has 2 aromatic rings. The first-order chi connectivity index (χ1) is 13.3. The van der Waals surface area contributed by atoms with Crippen LogP contribution in [-0.4, -0.2) is 78.5 Å². The minimum Gasteiger partial charge on any atom is -0.373 e. The summed E-state index contributed by atoms with van der Waals surface area (Å²) in [5.74, 6) is 0.837. The third-order valence-electron chi connectivity index (χ3n) is 5.30. The Kier molecular flexibility index (Phi) is 5.26. The van der Waals surface area contributed by atoms with E-state index in [1.165, 1.54) is 0 Å². The number of aryl methyl sites for hydroxylation is 1. The van der Waals surface area contributed by atoms with E-state index in [1.807, 2.05) is 45.0 Å². The second-order valence-corrected chi connectivity index (χ2v) is 9.52. The van der Waals surface area contributed by atoms with Gasteiger partial charge in [0.2, 0.25) is 0 Å². The van der Waals surface area contributed by atoms with Gasteiger partial charge in [0.1, 0.15) is 0 Å². The van der Waals surface area contributed by atoms with Gasteiger partial charge >= 0.3 is 0 Å². The number of fused-ring (bicyclic) bond motifs is 1. The molecule has 0 unspecified atom stereocenters. The Morgan fingerprint density at radius 1 is 0.929 bits per heavy atom. The summed E-state index contributed by atoms with van der Waals surface area (Å²) in [6, 6.07) is 7.80. The van der Waals surface area contributed by atoms with Gasteiger partial charge in [-0.05, 0) is 32.9 Å². The maximum atomic E-state index is 13.1. The van der Waals surface area contributed by atoms with E-state index in [-0.39, 0.29) is 12.2 Å². The average molecular weight is 406 g/mol. The van der Waals surface area contributed by atoms with Crippen molar-refractivity contribution in [1.29, 1.82) is 0 Å². The molecule has 0 saturated carbocycles. The number of nitrogens with zero attached hydrogens (tertiary/aromatic N) is 5. The van der Waals surface area contributed by atoms with Crippen LogP contribution in [0, 0.1) is 6.92 Å². The van der Waals surface area contributed by atoms with Crippen LogP contribution in [0.25, 0.3) is 11.0 Å². The fourth-order valence-corrected chi connectivity index (χ4v) is 5.74. The highest BCUT2D eigenvalue weighted by atomic mass is 32.2. The van der Waals surface area contributed by atoms with Crippen molar-refractivity contribution < 1.29 is 13.2 Å². The van der Waals surface area contributed by atoms with Gasteiger partial charge < -0.3 is 9.64 Å². The van der Waals surface area contributed by atoms with Crippen molar-refractivity contribution in [1.82, 2.24) is 18.6 Å². The molecule has 0 N–H and O–H groups in total. The van der Waals surface area contributed by atoms with Gasteiger partial charge in [0.15, 0.2) is 5.82 Å². The Hall–Kier alpha value is -1.81. The van der Waals surface area contributed by atoms with Gasteiger partial charge in [-0.3, -0.25) is 0 Å².